The standard InChI is InChI=1S/C14H19N3OS/c18-13(11-12-3-1-2-4-12)16-6-8-17(9-7-16)14-15-5-10-19-14/h1,3,5,10,12H,2,4,6-9,11H2/t12-/m1/s1. The highest BCUT2D eigenvalue weighted by atomic mass is 32.1. The summed E-state index contributed by atoms with van der Waals surface area (Å²) in [5.41, 5.74) is 0. The van der Waals surface area contributed by atoms with E-state index in [1.54, 1.807) is 11.3 Å². The smallest absolute Gasteiger partial charge is 0.223 e. The molecule has 2 aliphatic rings. The van der Waals surface area contributed by atoms with Crippen molar-refractivity contribution in [2.45, 2.75) is 19.3 Å². The minimum absolute atomic E-state index is 0.315. The van der Waals surface area contributed by atoms with Gasteiger partial charge in [0.15, 0.2) is 5.13 Å². The monoisotopic (exact) mass is 277 g/mol. The Kier molecular flexibility index (Phi) is 3.82. The molecule has 1 atom stereocenters. The van der Waals surface area contributed by atoms with Crippen molar-refractivity contribution in [1.82, 2.24) is 9.88 Å². The van der Waals surface area contributed by atoms with Gasteiger partial charge in [-0.25, -0.2) is 4.98 Å². The SMILES string of the molecule is O=C(C[C@@H]1C=CCC1)N1CCN(c2nccs2)CC1. The maximum atomic E-state index is 12.2. The van der Waals surface area contributed by atoms with E-state index >= 15 is 0 Å². The first-order valence-corrected chi connectivity index (χ1v) is 7.80. The summed E-state index contributed by atoms with van der Waals surface area (Å²) < 4.78 is 0. The number of hydrogen-bond acceptors (Lipinski definition) is 4. The fourth-order valence-electron chi connectivity index (χ4n) is 2.74. The normalized spacial score (nSPS) is 23.1. The minimum atomic E-state index is 0.315. The van der Waals surface area contributed by atoms with Crippen molar-refractivity contribution < 1.29 is 4.79 Å². The first-order valence-electron chi connectivity index (χ1n) is 6.92. The molecule has 0 aromatic carbocycles. The molecule has 4 nitrogen and oxygen atoms in total. The number of anilines is 1. The molecule has 1 aliphatic carbocycles. The van der Waals surface area contributed by atoms with Crippen LogP contribution in [0.25, 0.3) is 0 Å². The van der Waals surface area contributed by atoms with Gasteiger partial charge in [-0.05, 0) is 18.8 Å². The molecule has 0 bridgehead atoms. The summed E-state index contributed by atoms with van der Waals surface area (Å²) in [4.78, 5) is 20.8. The predicted molar refractivity (Wildman–Crippen MR) is 77.4 cm³/mol. The van der Waals surface area contributed by atoms with Crippen molar-refractivity contribution in [3.8, 4) is 0 Å². The van der Waals surface area contributed by atoms with Crippen LogP contribution in [0.5, 0.6) is 0 Å². The van der Waals surface area contributed by atoms with Gasteiger partial charge in [-0.3, -0.25) is 4.79 Å². The second-order valence-electron chi connectivity index (χ2n) is 5.15. The number of thiazole rings is 1. The second-order valence-corrected chi connectivity index (χ2v) is 6.03. The van der Waals surface area contributed by atoms with Gasteiger partial charge in [0.1, 0.15) is 0 Å². The summed E-state index contributed by atoms with van der Waals surface area (Å²) in [6.07, 6.45) is 9.19. The molecule has 0 saturated carbocycles. The third-order valence-corrected chi connectivity index (χ3v) is 4.70. The van der Waals surface area contributed by atoms with Crippen LogP contribution in [0, 0.1) is 5.92 Å². The molecule has 0 radical (unpaired) electrons. The Morgan fingerprint density at radius 3 is 2.84 bits per heavy atom. The molecule has 1 fully saturated rings. The second kappa shape index (κ2) is 5.74. The van der Waals surface area contributed by atoms with E-state index in [9.17, 15) is 4.79 Å². The zero-order chi connectivity index (χ0) is 13.1. The number of allylic oxidation sites excluding steroid dienone is 2. The van der Waals surface area contributed by atoms with Crippen molar-refractivity contribution >= 4 is 22.4 Å². The fourth-order valence-corrected chi connectivity index (χ4v) is 3.43. The topological polar surface area (TPSA) is 36.4 Å². The van der Waals surface area contributed by atoms with Crippen LogP contribution in [-0.4, -0.2) is 42.0 Å². The number of aromatic nitrogens is 1. The van der Waals surface area contributed by atoms with Gasteiger partial charge in [0.05, 0.1) is 0 Å². The van der Waals surface area contributed by atoms with E-state index in [4.69, 9.17) is 0 Å². The van der Waals surface area contributed by atoms with E-state index in [0.29, 0.717) is 18.2 Å². The van der Waals surface area contributed by atoms with Crippen LogP contribution >= 0.6 is 11.3 Å². The molecule has 2 heterocycles. The molecule has 19 heavy (non-hydrogen) atoms. The number of nitrogens with zero attached hydrogens (tertiary/aromatic N) is 3. The van der Waals surface area contributed by atoms with Crippen LogP contribution in [-0.2, 0) is 4.79 Å². The van der Waals surface area contributed by atoms with Crippen LogP contribution in [0.2, 0.25) is 0 Å². The number of amides is 1. The molecule has 1 saturated heterocycles. The highest BCUT2D eigenvalue weighted by Gasteiger charge is 2.24. The number of hydrogen-bond donors (Lipinski definition) is 0. The molecular weight excluding hydrogens is 258 g/mol. The van der Waals surface area contributed by atoms with E-state index in [1.165, 1.54) is 0 Å². The lowest BCUT2D eigenvalue weighted by Crippen LogP contribution is -2.49. The highest BCUT2D eigenvalue weighted by Crippen LogP contribution is 2.23. The van der Waals surface area contributed by atoms with Crippen molar-refractivity contribution in [3.05, 3.63) is 23.7 Å². The molecule has 1 aliphatic heterocycles. The first-order chi connectivity index (χ1) is 9.33. The lowest BCUT2D eigenvalue weighted by Gasteiger charge is -2.35. The van der Waals surface area contributed by atoms with Gasteiger partial charge in [-0.15, -0.1) is 11.3 Å². The molecule has 3 rings (SSSR count). The molecule has 1 aromatic rings. The maximum absolute atomic E-state index is 12.2. The average Bonchev–Trinajstić information content (AvgIpc) is 3.12. The number of piperazine rings is 1. The number of carbonyl (C=O) groups excluding carboxylic acids is 1. The van der Waals surface area contributed by atoms with Gasteiger partial charge in [0.25, 0.3) is 0 Å². The molecule has 0 unspecified atom stereocenters. The Morgan fingerprint density at radius 1 is 1.37 bits per heavy atom. The molecular formula is C14H19N3OS. The number of rotatable bonds is 3. The Labute approximate surface area is 117 Å². The van der Waals surface area contributed by atoms with Crippen LogP contribution < -0.4 is 4.90 Å². The summed E-state index contributed by atoms with van der Waals surface area (Å²) >= 11 is 1.67. The third-order valence-electron chi connectivity index (χ3n) is 3.87. The van der Waals surface area contributed by atoms with Gasteiger partial charge < -0.3 is 9.80 Å². The van der Waals surface area contributed by atoms with Crippen molar-refractivity contribution in [1.29, 1.82) is 0 Å². The van der Waals surface area contributed by atoms with Crippen molar-refractivity contribution in [3.63, 3.8) is 0 Å². The summed E-state index contributed by atoms with van der Waals surface area (Å²) in [5.74, 6) is 0.792. The Morgan fingerprint density at radius 2 is 2.21 bits per heavy atom. The van der Waals surface area contributed by atoms with E-state index in [-0.39, 0.29) is 0 Å². The van der Waals surface area contributed by atoms with Crippen LogP contribution in [0.3, 0.4) is 0 Å². The van der Waals surface area contributed by atoms with Gasteiger partial charge in [-0.2, -0.15) is 0 Å². The van der Waals surface area contributed by atoms with Crippen molar-refractivity contribution in [2.24, 2.45) is 5.92 Å². The summed E-state index contributed by atoms with van der Waals surface area (Å²) in [7, 11) is 0. The van der Waals surface area contributed by atoms with Gasteiger partial charge in [-0.1, -0.05) is 12.2 Å². The van der Waals surface area contributed by atoms with Crippen LogP contribution in [0.15, 0.2) is 23.7 Å². The van der Waals surface area contributed by atoms with E-state index in [1.807, 2.05) is 16.5 Å². The largest absolute Gasteiger partial charge is 0.345 e. The maximum Gasteiger partial charge on any atom is 0.223 e. The predicted octanol–water partition coefficient (Wildman–Crippen LogP) is 2.15. The van der Waals surface area contributed by atoms with Crippen LogP contribution in [0.1, 0.15) is 19.3 Å². The Balaban J connectivity index is 1.49. The highest BCUT2D eigenvalue weighted by molar-refractivity contribution is 7.13. The molecule has 1 aromatic heterocycles. The van der Waals surface area contributed by atoms with Gasteiger partial charge in [0, 0.05) is 44.2 Å². The van der Waals surface area contributed by atoms with Crippen molar-refractivity contribution in [2.75, 3.05) is 31.1 Å². The van der Waals surface area contributed by atoms with E-state index in [0.717, 1.165) is 44.2 Å². The molecule has 0 N–H and O–H groups in total. The first kappa shape index (κ1) is 12.7. The summed E-state index contributed by atoms with van der Waals surface area (Å²) in [5, 5.41) is 3.07. The zero-order valence-corrected chi connectivity index (χ0v) is 11.8. The van der Waals surface area contributed by atoms with Gasteiger partial charge in [0.2, 0.25) is 5.91 Å². The summed E-state index contributed by atoms with van der Waals surface area (Å²) in [6.45, 7) is 3.46. The zero-order valence-electron chi connectivity index (χ0n) is 11.0. The van der Waals surface area contributed by atoms with Crippen LogP contribution in [0.4, 0.5) is 5.13 Å². The van der Waals surface area contributed by atoms with E-state index in [2.05, 4.69) is 22.0 Å². The Bertz CT molecular complexity index is 449. The quantitative estimate of drug-likeness (QED) is 0.794. The average molecular weight is 277 g/mol. The molecule has 102 valence electrons. The lowest BCUT2D eigenvalue weighted by atomic mass is 10.0. The lowest BCUT2D eigenvalue weighted by molar-refractivity contribution is -0.132. The molecule has 1 amide bonds. The molecule has 5 heteroatoms. The fraction of sp³-hybridized carbons (Fsp3) is 0.571. The van der Waals surface area contributed by atoms with E-state index < -0.39 is 0 Å². The third kappa shape index (κ3) is 2.97. The number of carbonyl (C=O) groups is 1. The molecule has 0 spiro atoms. The summed E-state index contributed by atoms with van der Waals surface area (Å²) in [6, 6.07) is 0. The van der Waals surface area contributed by atoms with Gasteiger partial charge >= 0.3 is 0 Å². The Hall–Kier alpha value is -1.36. The minimum Gasteiger partial charge on any atom is -0.345 e.